The number of carbonyl (C=O) groups excluding carboxylic acids is 1. The molecule has 1 N–H and O–H groups in total. The van der Waals surface area contributed by atoms with E-state index in [2.05, 4.69) is 29.6 Å². The lowest BCUT2D eigenvalue weighted by Gasteiger charge is -2.12. The van der Waals surface area contributed by atoms with Gasteiger partial charge < -0.3 is 14.8 Å². The van der Waals surface area contributed by atoms with E-state index in [0.29, 0.717) is 17.3 Å². The van der Waals surface area contributed by atoms with Crippen LogP contribution in [0.5, 0.6) is 5.75 Å². The van der Waals surface area contributed by atoms with E-state index in [-0.39, 0.29) is 18.6 Å². The van der Waals surface area contributed by atoms with Gasteiger partial charge in [-0.2, -0.15) is 0 Å². The summed E-state index contributed by atoms with van der Waals surface area (Å²) in [7, 11) is 0. The van der Waals surface area contributed by atoms with Gasteiger partial charge in [-0.05, 0) is 60.6 Å². The fraction of sp³-hybridized carbons (Fsp3) is 0.350. The first-order valence-corrected chi connectivity index (χ1v) is 10.2. The van der Waals surface area contributed by atoms with Gasteiger partial charge in [-0.3, -0.25) is 4.79 Å². The number of thioether (sulfide) groups is 1. The lowest BCUT2D eigenvalue weighted by atomic mass is 10.1. The Hall–Kier alpha value is -1.69. The molecule has 1 amide bonds. The quantitative estimate of drug-likeness (QED) is 0.710. The second-order valence-corrected chi connectivity index (χ2v) is 7.45. The van der Waals surface area contributed by atoms with Gasteiger partial charge in [0.1, 0.15) is 5.75 Å². The van der Waals surface area contributed by atoms with E-state index in [1.807, 2.05) is 18.4 Å². The minimum Gasteiger partial charge on any atom is -0.484 e. The summed E-state index contributed by atoms with van der Waals surface area (Å²) >= 11 is 7.92. The van der Waals surface area contributed by atoms with Gasteiger partial charge in [-0.15, -0.1) is 11.8 Å². The van der Waals surface area contributed by atoms with E-state index in [0.717, 1.165) is 30.6 Å². The molecule has 1 saturated heterocycles. The van der Waals surface area contributed by atoms with Gasteiger partial charge in [0, 0.05) is 23.1 Å². The van der Waals surface area contributed by atoms with E-state index in [1.54, 1.807) is 17.8 Å². The van der Waals surface area contributed by atoms with Crippen molar-refractivity contribution in [1.82, 2.24) is 5.32 Å². The van der Waals surface area contributed by atoms with Crippen LogP contribution in [-0.2, 0) is 9.53 Å². The Kier molecular flexibility index (Phi) is 6.83. The Morgan fingerprint density at radius 2 is 2.08 bits per heavy atom. The fourth-order valence-electron chi connectivity index (χ4n) is 2.83. The third kappa shape index (κ3) is 5.40. The van der Waals surface area contributed by atoms with Crippen LogP contribution in [-0.4, -0.2) is 38.0 Å². The first-order valence-electron chi connectivity index (χ1n) is 8.60. The summed E-state index contributed by atoms with van der Waals surface area (Å²) in [6, 6.07) is 13.7. The third-order valence-corrected chi connectivity index (χ3v) is 5.18. The number of halogens is 1. The van der Waals surface area contributed by atoms with Gasteiger partial charge in [-0.1, -0.05) is 23.7 Å². The number of nitrogens with one attached hydrogen (secondary N) is 1. The Morgan fingerprint density at radius 3 is 2.77 bits per heavy atom. The molecule has 2 aromatic rings. The highest BCUT2D eigenvalue weighted by molar-refractivity contribution is 7.98. The van der Waals surface area contributed by atoms with E-state index < -0.39 is 0 Å². The molecule has 3 rings (SSSR count). The minimum atomic E-state index is -0.161. The van der Waals surface area contributed by atoms with Crippen LogP contribution in [0.1, 0.15) is 12.8 Å². The highest BCUT2D eigenvalue weighted by Gasteiger charge is 2.16. The maximum atomic E-state index is 12.0. The van der Waals surface area contributed by atoms with Crippen molar-refractivity contribution in [2.75, 3.05) is 26.0 Å². The molecule has 1 heterocycles. The Bertz CT molecular complexity index is 745. The summed E-state index contributed by atoms with van der Waals surface area (Å²) in [4.78, 5) is 13.2. The molecule has 2 aromatic carbocycles. The molecule has 0 saturated carbocycles. The first kappa shape index (κ1) is 19.1. The summed E-state index contributed by atoms with van der Waals surface area (Å²) in [5.41, 5.74) is 2.01. The summed E-state index contributed by atoms with van der Waals surface area (Å²) in [6.45, 7) is 1.27. The number of rotatable bonds is 7. The van der Waals surface area contributed by atoms with Crippen molar-refractivity contribution in [3.05, 3.63) is 47.5 Å². The summed E-state index contributed by atoms with van der Waals surface area (Å²) < 4.78 is 11.1. The van der Waals surface area contributed by atoms with Crippen molar-refractivity contribution in [2.24, 2.45) is 0 Å². The van der Waals surface area contributed by atoms with Crippen LogP contribution in [0.25, 0.3) is 11.1 Å². The normalized spacial score (nSPS) is 16.5. The van der Waals surface area contributed by atoms with Crippen LogP contribution in [0.4, 0.5) is 0 Å². The van der Waals surface area contributed by atoms with Crippen LogP contribution in [0.15, 0.2) is 47.4 Å². The zero-order valence-corrected chi connectivity index (χ0v) is 16.2. The number of carbonyl (C=O) groups is 1. The lowest BCUT2D eigenvalue weighted by Crippen LogP contribution is -2.35. The molecular weight excluding hydrogens is 370 g/mol. The first-order chi connectivity index (χ1) is 12.6. The van der Waals surface area contributed by atoms with Gasteiger partial charge in [0.2, 0.25) is 0 Å². The Labute approximate surface area is 163 Å². The second kappa shape index (κ2) is 9.31. The molecule has 1 fully saturated rings. The second-order valence-electron chi connectivity index (χ2n) is 6.13. The maximum Gasteiger partial charge on any atom is 0.258 e. The Balaban J connectivity index is 1.58. The summed E-state index contributed by atoms with van der Waals surface area (Å²) in [5, 5.41) is 3.42. The summed E-state index contributed by atoms with van der Waals surface area (Å²) in [5.74, 6) is 0.417. The average molecular weight is 392 g/mol. The van der Waals surface area contributed by atoms with Gasteiger partial charge in [-0.25, -0.2) is 0 Å². The fourth-order valence-corrected chi connectivity index (χ4v) is 3.46. The van der Waals surface area contributed by atoms with Gasteiger partial charge >= 0.3 is 0 Å². The van der Waals surface area contributed by atoms with Crippen molar-refractivity contribution >= 4 is 29.3 Å². The molecule has 0 aromatic heterocycles. The molecule has 1 aliphatic heterocycles. The van der Waals surface area contributed by atoms with Crippen molar-refractivity contribution < 1.29 is 14.3 Å². The van der Waals surface area contributed by atoms with Crippen molar-refractivity contribution in [1.29, 1.82) is 0 Å². The molecule has 1 aliphatic rings. The minimum absolute atomic E-state index is 0.0437. The van der Waals surface area contributed by atoms with Crippen LogP contribution in [0.3, 0.4) is 0 Å². The van der Waals surface area contributed by atoms with E-state index in [1.165, 1.54) is 4.90 Å². The number of hydrogen-bond acceptors (Lipinski definition) is 4. The number of hydrogen-bond donors (Lipinski definition) is 1. The van der Waals surface area contributed by atoms with Crippen molar-refractivity contribution in [3.63, 3.8) is 0 Å². The molecule has 4 nitrogen and oxygen atoms in total. The molecule has 138 valence electrons. The molecule has 26 heavy (non-hydrogen) atoms. The summed E-state index contributed by atoms with van der Waals surface area (Å²) in [6.07, 6.45) is 4.22. The smallest absolute Gasteiger partial charge is 0.258 e. The van der Waals surface area contributed by atoms with Gasteiger partial charge in [0.05, 0.1) is 6.10 Å². The van der Waals surface area contributed by atoms with Gasteiger partial charge in [0.25, 0.3) is 5.91 Å². The molecule has 6 heteroatoms. The molecule has 1 unspecified atom stereocenters. The maximum absolute atomic E-state index is 12.0. The molecule has 0 aliphatic carbocycles. The van der Waals surface area contributed by atoms with Gasteiger partial charge in [0.15, 0.2) is 6.61 Å². The largest absolute Gasteiger partial charge is 0.484 e. The molecule has 0 radical (unpaired) electrons. The predicted octanol–water partition coefficient (Wildman–Crippen LogP) is 4.40. The number of ether oxygens (including phenoxy) is 2. The van der Waals surface area contributed by atoms with Crippen molar-refractivity contribution in [3.8, 4) is 16.9 Å². The van der Waals surface area contributed by atoms with Crippen LogP contribution in [0, 0.1) is 0 Å². The van der Waals surface area contributed by atoms with Crippen LogP contribution >= 0.6 is 23.4 Å². The highest BCUT2D eigenvalue weighted by Crippen LogP contribution is 2.29. The highest BCUT2D eigenvalue weighted by atomic mass is 35.5. The third-order valence-electron chi connectivity index (χ3n) is 4.22. The SMILES string of the molecule is CSc1ccc(-c2cc(Cl)cc(OCC(=O)NCC3CCCO3)c2)cc1. The standard InChI is InChI=1S/C20H22ClNO3S/c1-26-19-6-4-14(5-7-19)15-9-16(21)11-18(10-15)25-13-20(23)22-12-17-3-2-8-24-17/h4-7,9-11,17H,2-3,8,12-13H2,1H3,(H,22,23). The monoisotopic (exact) mass is 391 g/mol. The zero-order valence-electron chi connectivity index (χ0n) is 14.7. The molecule has 1 atom stereocenters. The topological polar surface area (TPSA) is 47.6 Å². The lowest BCUT2D eigenvalue weighted by molar-refractivity contribution is -0.123. The average Bonchev–Trinajstić information content (AvgIpc) is 3.18. The van der Waals surface area contributed by atoms with E-state index in [9.17, 15) is 4.79 Å². The van der Waals surface area contributed by atoms with E-state index >= 15 is 0 Å². The predicted molar refractivity (Wildman–Crippen MR) is 106 cm³/mol. The molecule has 0 bridgehead atoms. The van der Waals surface area contributed by atoms with Crippen molar-refractivity contribution in [2.45, 2.75) is 23.8 Å². The molecule has 0 spiro atoms. The van der Waals surface area contributed by atoms with E-state index in [4.69, 9.17) is 21.1 Å². The van der Waals surface area contributed by atoms with Crippen LogP contribution < -0.4 is 10.1 Å². The number of amides is 1. The van der Waals surface area contributed by atoms with Crippen LogP contribution in [0.2, 0.25) is 5.02 Å². The zero-order chi connectivity index (χ0) is 18.4. The number of benzene rings is 2. The molecular formula is C20H22ClNO3S. The Morgan fingerprint density at radius 1 is 1.27 bits per heavy atom.